The number of alkyl halides is 2. The summed E-state index contributed by atoms with van der Waals surface area (Å²) in [7, 11) is 0. The van der Waals surface area contributed by atoms with E-state index in [2.05, 4.69) is 30.0 Å². The molecule has 0 aromatic heterocycles. The molecule has 120 valence electrons. The number of hydrogen-bond donors (Lipinski definition) is 1. The van der Waals surface area contributed by atoms with Crippen LogP contribution in [-0.2, 0) is 4.79 Å². The average Bonchev–Trinajstić information content (AvgIpc) is 2.91. The van der Waals surface area contributed by atoms with Crippen molar-refractivity contribution in [1.82, 2.24) is 0 Å². The highest BCUT2D eigenvalue weighted by Crippen LogP contribution is 2.59. The quantitative estimate of drug-likeness (QED) is 0.815. The highest BCUT2D eigenvalue weighted by Gasteiger charge is 2.60. The third kappa shape index (κ3) is 3.64. The van der Waals surface area contributed by atoms with Gasteiger partial charge in [0.15, 0.2) is 0 Å². The maximum Gasteiger partial charge on any atom is 0.387 e. The van der Waals surface area contributed by atoms with Crippen molar-refractivity contribution in [3.63, 3.8) is 0 Å². The fraction of sp³-hybridized carbons (Fsp3) is 0.471. The fourth-order valence-corrected chi connectivity index (χ4v) is 2.79. The van der Waals surface area contributed by atoms with E-state index < -0.39 is 6.61 Å². The van der Waals surface area contributed by atoms with Crippen LogP contribution in [-0.4, -0.2) is 12.5 Å². The van der Waals surface area contributed by atoms with Crippen LogP contribution in [0.5, 0.6) is 5.75 Å². The normalized spacial score (nSPS) is 22.1. The van der Waals surface area contributed by atoms with E-state index >= 15 is 0 Å². The second-order valence-electron chi connectivity index (χ2n) is 6.46. The molecule has 1 aromatic rings. The average molecular weight is 309 g/mol. The summed E-state index contributed by atoms with van der Waals surface area (Å²) in [5, 5.41) is 2.83. The molecule has 5 heteroatoms. The number of ether oxygens (including phenoxy) is 1. The molecule has 1 aromatic carbocycles. The number of rotatable bonds is 5. The molecule has 0 bridgehead atoms. The number of hydrogen-bond acceptors (Lipinski definition) is 2. The van der Waals surface area contributed by atoms with Crippen molar-refractivity contribution in [2.45, 2.75) is 34.3 Å². The number of halogens is 2. The van der Waals surface area contributed by atoms with Gasteiger partial charge in [0.1, 0.15) is 5.75 Å². The van der Waals surface area contributed by atoms with E-state index in [4.69, 9.17) is 0 Å². The van der Waals surface area contributed by atoms with E-state index in [1.54, 1.807) is 12.1 Å². The van der Waals surface area contributed by atoms with E-state index in [0.717, 1.165) is 0 Å². The maximum atomic E-state index is 12.4. The largest absolute Gasteiger partial charge is 0.435 e. The molecule has 1 aliphatic carbocycles. The predicted octanol–water partition coefficient (Wildman–Crippen LogP) is 4.46. The first-order valence-corrected chi connectivity index (χ1v) is 7.22. The molecule has 0 radical (unpaired) electrons. The van der Waals surface area contributed by atoms with Crippen LogP contribution in [0.15, 0.2) is 35.9 Å². The van der Waals surface area contributed by atoms with Gasteiger partial charge < -0.3 is 10.1 Å². The predicted molar refractivity (Wildman–Crippen MR) is 81.9 cm³/mol. The number of benzene rings is 1. The molecule has 2 rings (SSSR count). The van der Waals surface area contributed by atoms with Gasteiger partial charge in [-0.05, 0) is 49.4 Å². The molecule has 0 saturated heterocycles. The summed E-state index contributed by atoms with van der Waals surface area (Å²) in [4.78, 5) is 12.4. The van der Waals surface area contributed by atoms with Gasteiger partial charge in [-0.2, -0.15) is 8.78 Å². The molecule has 0 aliphatic heterocycles. The lowest BCUT2D eigenvalue weighted by Crippen LogP contribution is -2.16. The van der Waals surface area contributed by atoms with Crippen molar-refractivity contribution in [3.05, 3.63) is 35.9 Å². The maximum absolute atomic E-state index is 12.4. The van der Waals surface area contributed by atoms with Crippen LogP contribution in [0.2, 0.25) is 0 Å². The van der Waals surface area contributed by atoms with E-state index in [9.17, 15) is 13.6 Å². The number of nitrogens with one attached hydrogen (secondary N) is 1. The minimum Gasteiger partial charge on any atom is -0.435 e. The number of allylic oxidation sites excluding steroid dienone is 2. The van der Waals surface area contributed by atoms with Gasteiger partial charge in [-0.1, -0.05) is 25.5 Å². The lowest BCUT2D eigenvalue weighted by molar-refractivity contribution is -0.118. The van der Waals surface area contributed by atoms with Crippen LogP contribution in [0.25, 0.3) is 0 Å². The molecule has 3 nitrogen and oxygen atoms in total. The summed E-state index contributed by atoms with van der Waals surface area (Å²) in [5.74, 6) is 0.190. The molecule has 22 heavy (non-hydrogen) atoms. The van der Waals surface area contributed by atoms with Crippen molar-refractivity contribution < 1.29 is 18.3 Å². The van der Waals surface area contributed by atoms with Gasteiger partial charge in [-0.15, -0.1) is 0 Å². The monoisotopic (exact) mass is 309 g/mol. The van der Waals surface area contributed by atoms with E-state index in [-0.39, 0.29) is 28.9 Å². The van der Waals surface area contributed by atoms with Crippen molar-refractivity contribution in [2.75, 3.05) is 5.32 Å². The van der Waals surface area contributed by atoms with Gasteiger partial charge >= 0.3 is 6.61 Å². The van der Waals surface area contributed by atoms with E-state index in [1.807, 2.05) is 13.8 Å². The van der Waals surface area contributed by atoms with Crippen molar-refractivity contribution >= 4 is 11.6 Å². The van der Waals surface area contributed by atoms with Gasteiger partial charge in [0.05, 0.1) is 5.92 Å². The Morgan fingerprint density at radius 1 is 1.27 bits per heavy atom. The van der Waals surface area contributed by atoms with Crippen LogP contribution in [0.4, 0.5) is 14.5 Å². The second-order valence-corrected chi connectivity index (χ2v) is 6.46. The molecule has 2 unspecified atom stereocenters. The Labute approximate surface area is 129 Å². The smallest absolute Gasteiger partial charge is 0.387 e. The summed E-state index contributed by atoms with van der Waals surface area (Å²) in [6.07, 6.45) is 2.13. The minimum atomic E-state index is -2.85. The Balaban J connectivity index is 1.99. The Kier molecular flexibility index (Phi) is 4.54. The van der Waals surface area contributed by atoms with E-state index in [1.165, 1.54) is 17.7 Å². The number of carbonyl (C=O) groups excluding carboxylic acids is 1. The summed E-state index contributed by atoms with van der Waals surface area (Å²) in [6.45, 7) is 5.33. The van der Waals surface area contributed by atoms with Crippen LogP contribution in [0.3, 0.4) is 0 Å². The van der Waals surface area contributed by atoms with Crippen LogP contribution in [0.1, 0.15) is 27.7 Å². The molecular weight excluding hydrogens is 288 g/mol. The van der Waals surface area contributed by atoms with Crippen molar-refractivity contribution in [2.24, 2.45) is 17.3 Å². The highest BCUT2D eigenvalue weighted by molar-refractivity contribution is 5.95. The zero-order valence-electron chi connectivity index (χ0n) is 13.2. The molecule has 1 fully saturated rings. The molecule has 1 amide bonds. The molecule has 2 atom stereocenters. The Morgan fingerprint density at radius 2 is 1.86 bits per heavy atom. The summed E-state index contributed by atoms with van der Waals surface area (Å²) >= 11 is 0. The zero-order chi connectivity index (χ0) is 16.5. The Hall–Kier alpha value is -1.91. The first kappa shape index (κ1) is 16.5. The molecule has 0 heterocycles. The zero-order valence-corrected chi connectivity index (χ0v) is 13.2. The summed E-state index contributed by atoms with van der Waals surface area (Å²) in [6, 6.07) is 5.93. The SMILES string of the molecule is CC(C)=CC1C(C(=O)Nc2ccc(OC(F)F)cc2)C1(C)C. The van der Waals surface area contributed by atoms with E-state index in [0.29, 0.717) is 5.69 Å². The number of anilines is 1. The van der Waals surface area contributed by atoms with Gasteiger partial charge in [0, 0.05) is 5.69 Å². The standard InChI is InChI=1S/C17H21F2NO2/c1-10(2)9-13-14(17(13,3)4)15(21)20-11-5-7-12(8-6-11)22-16(18)19/h5-9,13-14,16H,1-4H3,(H,20,21). The molecule has 1 aliphatic rings. The molecule has 1 N–H and O–H groups in total. The van der Waals surface area contributed by atoms with Gasteiger partial charge in [0.25, 0.3) is 0 Å². The Morgan fingerprint density at radius 3 is 2.36 bits per heavy atom. The molecular formula is C17H21F2NO2. The number of carbonyl (C=O) groups is 1. The minimum absolute atomic E-state index is 0.0463. The molecule has 0 spiro atoms. The lowest BCUT2D eigenvalue weighted by atomic mass is 10.1. The lowest BCUT2D eigenvalue weighted by Gasteiger charge is -2.08. The van der Waals surface area contributed by atoms with Crippen molar-refractivity contribution in [3.8, 4) is 5.75 Å². The van der Waals surface area contributed by atoms with Crippen molar-refractivity contribution in [1.29, 1.82) is 0 Å². The fourth-order valence-electron chi connectivity index (χ4n) is 2.79. The molecule has 1 saturated carbocycles. The van der Waals surface area contributed by atoms with Gasteiger partial charge in [0.2, 0.25) is 5.91 Å². The highest BCUT2D eigenvalue weighted by atomic mass is 19.3. The van der Waals surface area contributed by atoms with Gasteiger partial charge in [-0.25, -0.2) is 0 Å². The topological polar surface area (TPSA) is 38.3 Å². The summed E-state index contributed by atoms with van der Waals surface area (Å²) in [5.41, 5.74) is 1.72. The van der Waals surface area contributed by atoms with Crippen LogP contribution >= 0.6 is 0 Å². The van der Waals surface area contributed by atoms with Crippen LogP contribution in [0, 0.1) is 17.3 Å². The van der Waals surface area contributed by atoms with Gasteiger partial charge in [-0.3, -0.25) is 4.79 Å². The first-order valence-electron chi connectivity index (χ1n) is 7.22. The third-order valence-corrected chi connectivity index (χ3v) is 4.05. The van der Waals surface area contributed by atoms with Crippen LogP contribution < -0.4 is 10.1 Å². The third-order valence-electron chi connectivity index (χ3n) is 4.05. The second kappa shape index (κ2) is 6.07. The summed E-state index contributed by atoms with van der Waals surface area (Å²) < 4.78 is 28.4. The number of amides is 1. The first-order chi connectivity index (χ1) is 10.2. The Bertz CT molecular complexity index is 575.